The van der Waals surface area contributed by atoms with E-state index in [4.69, 9.17) is 0 Å². The van der Waals surface area contributed by atoms with Crippen LogP contribution in [0.3, 0.4) is 0 Å². The summed E-state index contributed by atoms with van der Waals surface area (Å²) in [7, 11) is 0. The van der Waals surface area contributed by atoms with Gasteiger partial charge < -0.3 is 5.11 Å². The first-order chi connectivity index (χ1) is 9.69. The number of aryl methyl sites for hydroxylation is 1. The third kappa shape index (κ3) is 2.01. The molecule has 0 unspecified atom stereocenters. The minimum Gasteiger partial charge on any atom is -0.477 e. The topological polar surface area (TPSA) is 80.4 Å². The molecule has 0 aromatic carbocycles. The molecule has 100 valence electrons. The summed E-state index contributed by atoms with van der Waals surface area (Å²) in [6.07, 6.45) is 4.03. The van der Waals surface area contributed by atoms with Crippen LogP contribution < -0.4 is 0 Å². The highest BCUT2D eigenvalue weighted by atomic mass is 16.4. The number of hydrogen-bond donors (Lipinski definition) is 1. The van der Waals surface area contributed by atoms with Crippen LogP contribution in [0.1, 0.15) is 23.1 Å². The van der Waals surface area contributed by atoms with E-state index in [0.29, 0.717) is 11.3 Å². The van der Waals surface area contributed by atoms with Crippen LogP contribution in [0.4, 0.5) is 0 Å². The van der Waals surface area contributed by atoms with E-state index in [-0.39, 0.29) is 5.69 Å². The Hall–Kier alpha value is -2.76. The Balaban J connectivity index is 2.27. The minimum atomic E-state index is -1.03. The van der Waals surface area contributed by atoms with Crippen LogP contribution in [-0.4, -0.2) is 30.7 Å². The molecule has 0 amide bonds. The maximum Gasteiger partial charge on any atom is 0.354 e. The molecule has 0 aliphatic heterocycles. The van der Waals surface area contributed by atoms with Crippen LogP contribution in [0.25, 0.3) is 16.9 Å². The second kappa shape index (κ2) is 4.73. The predicted molar refractivity (Wildman–Crippen MR) is 72.6 cm³/mol. The van der Waals surface area contributed by atoms with Gasteiger partial charge in [0.1, 0.15) is 0 Å². The molecule has 0 saturated carbocycles. The molecule has 0 saturated heterocycles. The fourth-order valence-electron chi connectivity index (χ4n) is 2.02. The fraction of sp³-hybridized carbons (Fsp3) is 0.143. The van der Waals surface area contributed by atoms with Gasteiger partial charge >= 0.3 is 5.97 Å². The average Bonchev–Trinajstić information content (AvgIpc) is 2.89. The highest BCUT2D eigenvalue weighted by Crippen LogP contribution is 2.19. The van der Waals surface area contributed by atoms with Gasteiger partial charge in [0.2, 0.25) is 0 Å². The first-order valence-electron chi connectivity index (χ1n) is 6.22. The lowest BCUT2D eigenvalue weighted by Crippen LogP contribution is -2.08. The Bertz CT molecular complexity index is 780. The number of carbonyl (C=O) groups is 1. The number of nitrogens with zero attached hydrogens (tertiary/aromatic N) is 4. The molecule has 3 aromatic rings. The van der Waals surface area contributed by atoms with Crippen molar-refractivity contribution >= 4 is 11.6 Å². The summed E-state index contributed by atoms with van der Waals surface area (Å²) in [5.41, 5.74) is 2.87. The molecular formula is C14H12N4O2. The summed E-state index contributed by atoms with van der Waals surface area (Å²) in [5.74, 6) is -1.03. The van der Waals surface area contributed by atoms with Crippen LogP contribution >= 0.6 is 0 Å². The van der Waals surface area contributed by atoms with Gasteiger partial charge in [-0.3, -0.25) is 4.98 Å². The van der Waals surface area contributed by atoms with Crippen molar-refractivity contribution in [1.29, 1.82) is 0 Å². The number of rotatable bonds is 3. The molecule has 0 atom stereocenters. The zero-order valence-electron chi connectivity index (χ0n) is 10.8. The molecule has 3 aromatic heterocycles. The van der Waals surface area contributed by atoms with Gasteiger partial charge in [0.05, 0.1) is 11.4 Å². The molecule has 6 heteroatoms. The zero-order chi connectivity index (χ0) is 14.1. The molecule has 0 fully saturated rings. The van der Waals surface area contributed by atoms with Gasteiger partial charge in [0, 0.05) is 24.0 Å². The third-order valence-electron chi connectivity index (χ3n) is 3.04. The Kier molecular flexibility index (Phi) is 2.90. The monoisotopic (exact) mass is 268 g/mol. The van der Waals surface area contributed by atoms with Gasteiger partial charge in [-0.05, 0) is 24.6 Å². The molecule has 3 heterocycles. The van der Waals surface area contributed by atoms with Crippen molar-refractivity contribution in [3.8, 4) is 11.3 Å². The first kappa shape index (κ1) is 12.3. The summed E-state index contributed by atoms with van der Waals surface area (Å²) in [5, 5.41) is 13.6. The number of carboxylic acid groups (broad SMARTS) is 1. The quantitative estimate of drug-likeness (QED) is 0.786. The van der Waals surface area contributed by atoms with Crippen molar-refractivity contribution in [2.75, 3.05) is 0 Å². The molecule has 20 heavy (non-hydrogen) atoms. The molecular weight excluding hydrogens is 256 g/mol. The van der Waals surface area contributed by atoms with Crippen LogP contribution in [0.5, 0.6) is 0 Å². The fourth-order valence-corrected chi connectivity index (χ4v) is 2.02. The molecule has 0 radical (unpaired) electrons. The van der Waals surface area contributed by atoms with E-state index in [1.807, 2.05) is 6.92 Å². The second-order valence-electron chi connectivity index (χ2n) is 4.33. The highest BCUT2D eigenvalue weighted by Gasteiger charge is 2.15. The molecule has 0 spiro atoms. The number of pyridine rings is 1. The molecule has 0 aliphatic carbocycles. The average molecular weight is 268 g/mol. The predicted octanol–water partition coefficient (Wildman–Crippen LogP) is 2.05. The summed E-state index contributed by atoms with van der Waals surface area (Å²) in [6, 6.07) is 6.91. The number of aromatic nitrogens is 4. The maximum atomic E-state index is 11.4. The van der Waals surface area contributed by atoms with Gasteiger partial charge in [-0.25, -0.2) is 14.3 Å². The van der Waals surface area contributed by atoms with E-state index >= 15 is 0 Å². The molecule has 1 N–H and O–H groups in total. The summed E-state index contributed by atoms with van der Waals surface area (Å²) >= 11 is 0. The van der Waals surface area contributed by atoms with E-state index in [2.05, 4.69) is 15.1 Å². The normalized spacial score (nSPS) is 10.8. The number of hydrogen-bond acceptors (Lipinski definition) is 4. The molecule has 0 aliphatic rings. The van der Waals surface area contributed by atoms with Crippen molar-refractivity contribution in [3.05, 3.63) is 48.0 Å². The van der Waals surface area contributed by atoms with Crippen molar-refractivity contribution in [3.63, 3.8) is 0 Å². The van der Waals surface area contributed by atoms with E-state index in [1.54, 1.807) is 30.6 Å². The van der Waals surface area contributed by atoms with Crippen LogP contribution in [0, 0.1) is 0 Å². The lowest BCUT2D eigenvalue weighted by molar-refractivity contribution is 0.0687. The van der Waals surface area contributed by atoms with Crippen molar-refractivity contribution in [2.24, 2.45) is 0 Å². The summed E-state index contributed by atoms with van der Waals surface area (Å²) in [6.45, 7) is 1.96. The molecule has 3 rings (SSSR count). The Morgan fingerprint density at radius 2 is 2.05 bits per heavy atom. The zero-order valence-corrected chi connectivity index (χ0v) is 10.8. The second-order valence-corrected chi connectivity index (χ2v) is 4.33. The van der Waals surface area contributed by atoms with Gasteiger partial charge in [-0.1, -0.05) is 6.92 Å². The largest absolute Gasteiger partial charge is 0.477 e. The number of aromatic carboxylic acids is 1. The first-order valence-corrected chi connectivity index (χ1v) is 6.22. The standard InChI is InChI=1S/C14H12N4O2/c1-2-10-7-13-16-11(9-3-5-15-6-4-9)8-12(14(19)20)18(13)17-10/h3-8H,2H2,1H3,(H,19,20). The maximum absolute atomic E-state index is 11.4. The van der Waals surface area contributed by atoms with Crippen molar-refractivity contribution in [1.82, 2.24) is 19.6 Å². The van der Waals surface area contributed by atoms with E-state index in [1.165, 1.54) is 10.6 Å². The van der Waals surface area contributed by atoms with E-state index in [0.717, 1.165) is 17.7 Å². The van der Waals surface area contributed by atoms with Gasteiger partial charge in [-0.2, -0.15) is 5.10 Å². The minimum absolute atomic E-state index is 0.0986. The lowest BCUT2D eigenvalue weighted by atomic mass is 10.1. The van der Waals surface area contributed by atoms with Crippen LogP contribution in [-0.2, 0) is 6.42 Å². The smallest absolute Gasteiger partial charge is 0.354 e. The van der Waals surface area contributed by atoms with Gasteiger partial charge in [-0.15, -0.1) is 0 Å². The van der Waals surface area contributed by atoms with Gasteiger partial charge in [0.25, 0.3) is 0 Å². The Morgan fingerprint density at radius 1 is 1.30 bits per heavy atom. The van der Waals surface area contributed by atoms with Gasteiger partial charge in [0.15, 0.2) is 11.3 Å². The van der Waals surface area contributed by atoms with Crippen LogP contribution in [0.15, 0.2) is 36.7 Å². The molecule has 6 nitrogen and oxygen atoms in total. The number of carboxylic acids is 1. The SMILES string of the molecule is CCc1cc2nc(-c3ccncc3)cc(C(=O)O)n2n1. The Labute approximate surface area is 114 Å². The summed E-state index contributed by atoms with van der Waals surface area (Å²) in [4.78, 5) is 19.8. The summed E-state index contributed by atoms with van der Waals surface area (Å²) < 4.78 is 1.37. The lowest BCUT2D eigenvalue weighted by Gasteiger charge is -2.04. The van der Waals surface area contributed by atoms with Crippen LogP contribution in [0.2, 0.25) is 0 Å². The number of fused-ring (bicyclic) bond motifs is 1. The molecule has 0 bridgehead atoms. The third-order valence-corrected chi connectivity index (χ3v) is 3.04. The van der Waals surface area contributed by atoms with E-state index < -0.39 is 5.97 Å². The van der Waals surface area contributed by atoms with Crippen molar-refractivity contribution < 1.29 is 9.90 Å². The van der Waals surface area contributed by atoms with Crippen molar-refractivity contribution in [2.45, 2.75) is 13.3 Å². The van der Waals surface area contributed by atoms with E-state index in [9.17, 15) is 9.90 Å². The highest BCUT2D eigenvalue weighted by molar-refractivity contribution is 5.88. The Morgan fingerprint density at radius 3 is 2.70 bits per heavy atom.